The zero-order chi connectivity index (χ0) is 15.0. The number of hydrogen-bond donors (Lipinski definition) is 0. The molecular formula is C18H22N2O. The lowest BCUT2D eigenvalue weighted by Gasteiger charge is -2.40. The molecule has 3 heteroatoms. The predicted octanol–water partition coefficient (Wildman–Crippen LogP) is 2.56. The fourth-order valence-electron chi connectivity index (χ4n) is 3.40. The molecule has 3 nitrogen and oxygen atoms in total. The Bertz CT molecular complexity index is 615. The standard InChI is InChI=1S/C18H22N2O/c1-4-20-13-14-12-18(19(2)3,11-10-16(14)17(20)21)15-8-6-5-7-9-15/h5-11H,4,12-13H2,1-3H3. The summed E-state index contributed by atoms with van der Waals surface area (Å²) in [5.41, 5.74) is 3.30. The largest absolute Gasteiger partial charge is 0.335 e. The molecule has 0 fully saturated rings. The summed E-state index contributed by atoms with van der Waals surface area (Å²) in [7, 11) is 4.22. The molecule has 3 rings (SSSR count). The monoisotopic (exact) mass is 282 g/mol. The fourth-order valence-corrected chi connectivity index (χ4v) is 3.40. The Hall–Kier alpha value is -1.87. The summed E-state index contributed by atoms with van der Waals surface area (Å²) in [6.45, 7) is 3.59. The quantitative estimate of drug-likeness (QED) is 0.850. The first-order valence-corrected chi connectivity index (χ1v) is 7.52. The second kappa shape index (κ2) is 5.15. The van der Waals surface area contributed by atoms with Crippen LogP contribution in [0.5, 0.6) is 0 Å². The van der Waals surface area contributed by atoms with Crippen molar-refractivity contribution >= 4 is 5.91 Å². The Morgan fingerprint density at radius 1 is 1.24 bits per heavy atom. The lowest BCUT2D eigenvalue weighted by molar-refractivity contribution is -0.124. The van der Waals surface area contributed by atoms with Gasteiger partial charge in [0.1, 0.15) is 0 Å². The molecule has 1 heterocycles. The van der Waals surface area contributed by atoms with E-state index in [-0.39, 0.29) is 11.4 Å². The number of amides is 1. The van der Waals surface area contributed by atoms with Gasteiger partial charge in [-0.15, -0.1) is 0 Å². The molecule has 1 unspecified atom stereocenters. The minimum absolute atomic E-state index is 0.149. The van der Waals surface area contributed by atoms with Crippen LogP contribution in [0.3, 0.4) is 0 Å². The second-order valence-corrected chi connectivity index (χ2v) is 6.03. The van der Waals surface area contributed by atoms with Crippen LogP contribution in [0.25, 0.3) is 0 Å². The number of rotatable bonds is 3. The summed E-state index contributed by atoms with van der Waals surface area (Å²) in [4.78, 5) is 16.5. The van der Waals surface area contributed by atoms with Gasteiger partial charge in [-0.2, -0.15) is 0 Å². The van der Waals surface area contributed by atoms with Crippen molar-refractivity contribution in [3.8, 4) is 0 Å². The molecule has 1 aliphatic heterocycles. The van der Waals surface area contributed by atoms with Crippen LogP contribution in [0.15, 0.2) is 53.6 Å². The normalized spacial score (nSPS) is 25.0. The number of benzene rings is 1. The van der Waals surface area contributed by atoms with Gasteiger partial charge in [0.15, 0.2) is 0 Å². The predicted molar refractivity (Wildman–Crippen MR) is 84.8 cm³/mol. The van der Waals surface area contributed by atoms with Crippen molar-refractivity contribution < 1.29 is 4.79 Å². The van der Waals surface area contributed by atoms with Gasteiger partial charge < -0.3 is 4.90 Å². The minimum Gasteiger partial charge on any atom is -0.335 e. The minimum atomic E-state index is -0.149. The van der Waals surface area contributed by atoms with Crippen molar-refractivity contribution in [3.05, 3.63) is 59.2 Å². The summed E-state index contributed by atoms with van der Waals surface area (Å²) < 4.78 is 0. The third-order valence-electron chi connectivity index (χ3n) is 4.74. The molecule has 2 aliphatic rings. The highest BCUT2D eigenvalue weighted by atomic mass is 16.2. The van der Waals surface area contributed by atoms with E-state index in [0.29, 0.717) is 0 Å². The molecule has 1 aliphatic carbocycles. The SMILES string of the molecule is CCN1CC2=C(C=CC(c3ccccc3)(N(C)C)C2)C1=O. The molecule has 21 heavy (non-hydrogen) atoms. The summed E-state index contributed by atoms with van der Waals surface area (Å²) in [6, 6.07) is 10.5. The Kier molecular flexibility index (Phi) is 3.46. The summed E-state index contributed by atoms with van der Waals surface area (Å²) in [5.74, 6) is 0.184. The van der Waals surface area contributed by atoms with Crippen LogP contribution < -0.4 is 0 Å². The maximum absolute atomic E-state index is 12.3. The first kappa shape index (κ1) is 14.1. The third-order valence-corrected chi connectivity index (χ3v) is 4.74. The van der Waals surface area contributed by atoms with Crippen molar-refractivity contribution in [1.29, 1.82) is 0 Å². The molecule has 0 saturated carbocycles. The first-order chi connectivity index (χ1) is 10.1. The molecule has 0 saturated heterocycles. The average Bonchev–Trinajstić information content (AvgIpc) is 2.83. The van der Waals surface area contributed by atoms with Crippen LogP contribution in [-0.2, 0) is 10.3 Å². The molecule has 1 amide bonds. The van der Waals surface area contributed by atoms with Gasteiger partial charge in [0.2, 0.25) is 0 Å². The van der Waals surface area contributed by atoms with Crippen LogP contribution in [0, 0.1) is 0 Å². The highest BCUT2D eigenvalue weighted by Gasteiger charge is 2.40. The summed E-state index contributed by atoms with van der Waals surface area (Å²) >= 11 is 0. The van der Waals surface area contributed by atoms with Crippen molar-refractivity contribution in [3.63, 3.8) is 0 Å². The summed E-state index contributed by atoms with van der Waals surface area (Å²) in [5, 5.41) is 0. The molecule has 0 N–H and O–H groups in total. The molecule has 0 spiro atoms. The van der Waals surface area contributed by atoms with Gasteiger partial charge in [0.05, 0.1) is 5.54 Å². The van der Waals surface area contributed by atoms with Gasteiger partial charge in [-0.1, -0.05) is 42.5 Å². The number of carbonyl (C=O) groups excluding carboxylic acids is 1. The number of hydrogen-bond acceptors (Lipinski definition) is 2. The molecule has 1 aromatic rings. The Morgan fingerprint density at radius 3 is 2.57 bits per heavy atom. The van der Waals surface area contributed by atoms with Crippen LogP contribution in [-0.4, -0.2) is 42.9 Å². The molecule has 110 valence electrons. The first-order valence-electron chi connectivity index (χ1n) is 7.52. The second-order valence-electron chi connectivity index (χ2n) is 6.03. The highest BCUT2D eigenvalue weighted by Crippen LogP contribution is 2.41. The van der Waals surface area contributed by atoms with E-state index in [2.05, 4.69) is 49.3 Å². The maximum atomic E-state index is 12.3. The van der Waals surface area contributed by atoms with E-state index in [0.717, 1.165) is 25.1 Å². The zero-order valence-electron chi connectivity index (χ0n) is 13.0. The van der Waals surface area contributed by atoms with E-state index in [4.69, 9.17) is 0 Å². The lowest BCUT2D eigenvalue weighted by atomic mass is 9.78. The van der Waals surface area contributed by atoms with Crippen LogP contribution in [0.4, 0.5) is 0 Å². The van der Waals surface area contributed by atoms with Crippen LogP contribution >= 0.6 is 0 Å². The fraction of sp³-hybridized carbons (Fsp3) is 0.389. The van der Waals surface area contributed by atoms with Gasteiger partial charge >= 0.3 is 0 Å². The van der Waals surface area contributed by atoms with Gasteiger partial charge in [-0.3, -0.25) is 9.69 Å². The van der Waals surface area contributed by atoms with E-state index in [1.807, 2.05) is 24.0 Å². The number of nitrogens with zero attached hydrogens (tertiary/aromatic N) is 2. The maximum Gasteiger partial charge on any atom is 0.254 e. The smallest absolute Gasteiger partial charge is 0.254 e. The molecule has 1 aromatic carbocycles. The highest BCUT2D eigenvalue weighted by molar-refractivity contribution is 6.00. The molecular weight excluding hydrogens is 260 g/mol. The number of likely N-dealkylation sites (N-methyl/N-ethyl adjacent to an activating group) is 2. The lowest BCUT2D eigenvalue weighted by Crippen LogP contribution is -2.41. The van der Waals surface area contributed by atoms with Crippen molar-refractivity contribution in [2.24, 2.45) is 0 Å². The van der Waals surface area contributed by atoms with E-state index < -0.39 is 0 Å². The molecule has 0 radical (unpaired) electrons. The van der Waals surface area contributed by atoms with Crippen molar-refractivity contribution in [1.82, 2.24) is 9.80 Å². The Labute approximate surface area is 126 Å². The molecule has 0 bridgehead atoms. The van der Waals surface area contributed by atoms with Crippen LogP contribution in [0.2, 0.25) is 0 Å². The van der Waals surface area contributed by atoms with E-state index in [9.17, 15) is 4.79 Å². The zero-order valence-corrected chi connectivity index (χ0v) is 13.0. The summed E-state index contributed by atoms with van der Waals surface area (Å²) in [6.07, 6.45) is 5.11. The Morgan fingerprint density at radius 2 is 1.95 bits per heavy atom. The van der Waals surface area contributed by atoms with E-state index in [1.54, 1.807) is 0 Å². The Balaban J connectivity index is 2.00. The van der Waals surface area contributed by atoms with E-state index in [1.165, 1.54) is 11.1 Å². The third kappa shape index (κ3) is 2.12. The topological polar surface area (TPSA) is 23.6 Å². The van der Waals surface area contributed by atoms with Gasteiger partial charge in [0, 0.05) is 18.7 Å². The van der Waals surface area contributed by atoms with E-state index >= 15 is 0 Å². The number of carbonyl (C=O) groups is 1. The van der Waals surface area contributed by atoms with Gasteiger partial charge in [-0.05, 0) is 38.6 Å². The molecule has 1 atom stereocenters. The average molecular weight is 282 g/mol. The van der Waals surface area contributed by atoms with Crippen molar-refractivity contribution in [2.45, 2.75) is 18.9 Å². The molecule has 0 aromatic heterocycles. The van der Waals surface area contributed by atoms with Crippen LogP contribution in [0.1, 0.15) is 18.9 Å². The van der Waals surface area contributed by atoms with Gasteiger partial charge in [-0.25, -0.2) is 0 Å². The van der Waals surface area contributed by atoms with Crippen molar-refractivity contribution in [2.75, 3.05) is 27.2 Å². The van der Waals surface area contributed by atoms with Gasteiger partial charge in [0.25, 0.3) is 5.91 Å².